The summed E-state index contributed by atoms with van der Waals surface area (Å²) in [6, 6.07) is 7.74. The summed E-state index contributed by atoms with van der Waals surface area (Å²) in [6.45, 7) is 4.32. The molecule has 1 aliphatic carbocycles. The second-order valence-corrected chi connectivity index (χ2v) is 6.51. The molecular formula is C17H26N2O. The molecule has 0 unspecified atom stereocenters. The maximum absolute atomic E-state index is 5.87. The standard InChI is InChI=1S/C17H26N2O/c18-15-7-3-4-8-16(15)20-12-11-19-13-17(14-19)9-5-1-2-6-10-17/h3-4,7-8H,1-2,5-6,9-14,18H2. The van der Waals surface area contributed by atoms with Crippen molar-refractivity contribution in [3.8, 4) is 5.75 Å². The highest BCUT2D eigenvalue weighted by Gasteiger charge is 2.41. The van der Waals surface area contributed by atoms with Crippen LogP contribution in [0.4, 0.5) is 5.69 Å². The highest BCUT2D eigenvalue weighted by Crippen LogP contribution is 2.42. The lowest BCUT2D eigenvalue weighted by Crippen LogP contribution is -2.56. The molecular weight excluding hydrogens is 248 g/mol. The second kappa shape index (κ2) is 6.04. The van der Waals surface area contributed by atoms with E-state index in [1.807, 2.05) is 24.3 Å². The predicted molar refractivity (Wildman–Crippen MR) is 82.9 cm³/mol. The van der Waals surface area contributed by atoms with Gasteiger partial charge in [0.1, 0.15) is 12.4 Å². The number of hydrogen-bond acceptors (Lipinski definition) is 3. The maximum atomic E-state index is 5.87. The number of hydrogen-bond donors (Lipinski definition) is 1. The van der Waals surface area contributed by atoms with Gasteiger partial charge in [0.15, 0.2) is 0 Å². The van der Waals surface area contributed by atoms with E-state index in [2.05, 4.69) is 4.90 Å². The monoisotopic (exact) mass is 274 g/mol. The van der Waals surface area contributed by atoms with Crippen LogP contribution >= 0.6 is 0 Å². The number of nitrogens with zero attached hydrogens (tertiary/aromatic N) is 1. The third-order valence-electron chi connectivity index (χ3n) is 4.87. The van der Waals surface area contributed by atoms with E-state index in [-0.39, 0.29) is 0 Å². The van der Waals surface area contributed by atoms with Gasteiger partial charge in [-0.3, -0.25) is 4.90 Å². The molecule has 1 heterocycles. The average molecular weight is 274 g/mol. The Morgan fingerprint density at radius 2 is 1.75 bits per heavy atom. The molecule has 2 aliphatic rings. The lowest BCUT2D eigenvalue weighted by molar-refractivity contribution is -0.0181. The van der Waals surface area contributed by atoms with Crippen molar-refractivity contribution in [3.05, 3.63) is 24.3 Å². The summed E-state index contributed by atoms with van der Waals surface area (Å²) < 4.78 is 5.78. The van der Waals surface area contributed by atoms with Crippen molar-refractivity contribution >= 4 is 5.69 Å². The predicted octanol–water partition coefficient (Wildman–Crippen LogP) is 3.30. The first kappa shape index (κ1) is 13.7. The summed E-state index contributed by atoms with van der Waals surface area (Å²) in [6.07, 6.45) is 8.64. The van der Waals surface area contributed by atoms with Gasteiger partial charge in [0, 0.05) is 19.6 Å². The third-order valence-corrected chi connectivity index (χ3v) is 4.87. The van der Waals surface area contributed by atoms with Crippen molar-refractivity contribution in [3.63, 3.8) is 0 Å². The second-order valence-electron chi connectivity index (χ2n) is 6.51. The van der Waals surface area contributed by atoms with E-state index in [0.29, 0.717) is 5.41 Å². The lowest BCUT2D eigenvalue weighted by atomic mass is 9.73. The summed E-state index contributed by atoms with van der Waals surface area (Å²) in [5.74, 6) is 0.817. The Morgan fingerprint density at radius 3 is 2.45 bits per heavy atom. The van der Waals surface area contributed by atoms with E-state index >= 15 is 0 Å². The first-order chi connectivity index (χ1) is 9.77. The van der Waals surface area contributed by atoms with E-state index in [1.54, 1.807) is 0 Å². The van der Waals surface area contributed by atoms with Crippen LogP contribution in [0, 0.1) is 5.41 Å². The minimum absolute atomic E-state index is 0.655. The van der Waals surface area contributed by atoms with E-state index in [0.717, 1.165) is 24.6 Å². The van der Waals surface area contributed by atoms with Gasteiger partial charge >= 0.3 is 0 Å². The molecule has 0 bridgehead atoms. The van der Waals surface area contributed by atoms with Gasteiger partial charge in [-0.05, 0) is 30.4 Å². The lowest BCUT2D eigenvalue weighted by Gasteiger charge is -2.50. The number of nitrogens with two attached hydrogens (primary N) is 1. The summed E-state index contributed by atoms with van der Waals surface area (Å²) >= 11 is 0. The van der Waals surface area contributed by atoms with Crippen LogP contribution in [0.1, 0.15) is 38.5 Å². The van der Waals surface area contributed by atoms with Crippen molar-refractivity contribution in [2.24, 2.45) is 5.41 Å². The number of likely N-dealkylation sites (tertiary alicyclic amines) is 1. The molecule has 20 heavy (non-hydrogen) atoms. The Labute approximate surface area is 122 Å². The summed E-state index contributed by atoms with van der Waals surface area (Å²) in [5, 5.41) is 0. The Bertz CT molecular complexity index is 430. The average Bonchev–Trinajstić information content (AvgIpc) is 2.66. The minimum Gasteiger partial charge on any atom is -0.490 e. The first-order valence-electron chi connectivity index (χ1n) is 7.97. The van der Waals surface area contributed by atoms with Crippen LogP contribution in [0.5, 0.6) is 5.75 Å². The number of ether oxygens (including phenoxy) is 1. The van der Waals surface area contributed by atoms with Crippen LogP contribution in [-0.4, -0.2) is 31.1 Å². The van der Waals surface area contributed by atoms with Crippen molar-refractivity contribution in [1.29, 1.82) is 0 Å². The number of para-hydroxylation sites is 2. The molecule has 1 spiro atoms. The molecule has 1 aromatic rings. The molecule has 0 atom stereocenters. The van der Waals surface area contributed by atoms with Crippen LogP contribution in [0.25, 0.3) is 0 Å². The van der Waals surface area contributed by atoms with Crippen LogP contribution < -0.4 is 10.5 Å². The zero-order valence-corrected chi connectivity index (χ0v) is 12.3. The van der Waals surface area contributed by atoms with E-state index in [9.17, 15) is 0 Å². The number of rotatable bonds is 4. The molecule has 3 nitrogen and oxygen atoms in total. The molecule has 0 amide bonds. The van der Waals surface area contributed by atoms with Gasteiger partial charge in [-0.25, -0.2) is 0 Å². The molecule has 1 saturated carbocycles. The topological polar surface area (TPSA) is 38.5 Å². The van der Waals surface area contributed by atoms with Crippen LogP contribution in [0.3, 0.4) is 0 Å². The van der Waals surface area contributed by atoms with Gasteiger partial charge in [-0.15, -0.1) is 0 Å². The van der Waals surface area contributed by atoms with Gasteiger partial charge in [-0.1, -0.05) is 37.8 Å². The minimum atomic E-state index is 0.655. The Hall–Kier alpha value is -1.22. The van der Waals surface area contributed by atoms with E-state index in [1.165, 1.54) is 51.6 Å². The first-order valence-corrected chi connectivity index (χ1v) is 7.97. The van der Waals surface area contributed by atoms with Crippen LogP contribution in [-0.2, 0) is 0 Å². The number of anilines is 1. The molecule has 1 aromatic carbocycles. The third kappa shape index (κ3) is 3.09. The highest BCUT2D eigenvalue weighted by molar-refractivity contribution is 5.51. The van der Waals surface area contributed by atoms with Gasteiger partial charge < -0.3 is 10.5 Å². The fourth-order valence-electron chi connectivity index (χ4n) is 3.75. The number of nitrogen functional groups attached to an aromatic ring is 1. The van der Waals surface area contributed by atoms with E-state index < -0.39 is 0 Å². The van der Waals surface area contributed by atoms with Crippen molar-refractivity contribution in [2.75, 3.05) is 32.0 Å². The molecule has 3 heteroatoms. The van der Waals surface area contributed by atoms with E-state index in [4.69, 9.17) is 10.5 Å². The summed E-state index contributed by atoms with van der Waals surface area (Å²) in [5.41, 5.74) is 7.26. The molecule has 0 aromatic heterocycles. The van der Waals surface area contributed by atoms with Crippen LogP contribution in [0.15, 0.2) is 24.3 Å². The number of benzene rings is 1. The Morgan fingerprint density at radius 1 is 1.05 bits per heavy atom. The molecule has 110 valence electrons. The van der Waals surface area contributed by atoms with Crippen molar-refractivity contribution in [2.45, 2.75) is 38.5 Å². The zero-order chi connectivity index (χ0) is 13.8. The molecule has 2 N–H and O–H groups in total. The van der Waals surface area contributed by atoms with Crippen LogP contribution in [0.2, 0.25) is 0 Å². The van der Waals surface area contributed by atoms with Gasteiger partial charge in [0.05, 0.1) is 5.69 Å². The molecule has 0 radical (unpaired) electrons. The highest BCUT2D eigenvalue weighted by atomic mass is 16.5. The molecule has 1 aliphatic heterocycles. The Kier molecular flexibility index (Phi) is 4.16. The molecule has 1 saturated heterocycles. The molecule has 3 rings (SSSR count). The van der Waals surface area contributed by atoms with Gasteiger partial charge in [-0.2, -0.15) is 0 Å². The quantitative estimate of drug-likeness (QED) is 0.856. The molecule has 2 fully saturated rings. The van der Waals surface area contributed by atoms with Crippen molar-refractivity contribution < 1.29 is 4.74 Å². The smallest absolute Gasteiger partial charge is 0.142 e. The van der Waals surface area contributed by atoms with Gasteiger partial charge in [0.2, 0.25) is 0 Å². The fraction of sp³-hybridized carbons (Fsp3) is 0.647. The maximum Gasteiger partial charge on any atom is 0.142 e. The normalized spacial score (nSPS) is 22.2. The fourth-order valence-corrected chi connectivity index (χ4v) is 3.75. The largest absolute Gasteiger partial charge is 0.490 e. The zero-order valence-electron chi connectivity index (χ0n) is 12.3. The van der Waals surface area contributed by atoms with Gasteiger partial charge in [0.25, 0.3) is 0 Å². The summed E-state index contributed by atoms with van der Waals surface area (Å²) in [7, 11) is 0. The van der Waals surface area contributed by atoms with Crippen molar-refractivity contribution in [1.82, 2.24) is 4.90 Å². The SMILES string of the molecule is Nc1ccccc1OCCN1CC2(CCCCCC2)C1. The Balaban J connectivity index is 1.40. The summed E-state index contributed by atoms with van der Waals surface area (Å²) in [4.78, 5) is 2.53.